The van der Waals surface area contributed by atoms with E-state index in [1.807, 2.05) is 27.5 Å². The van der Waals surface area contributed by atoms with Crippen molar-refractivity contribution < 1.29 is 14.4 Å². The summed E-state index contributed by atoms with van der Waals surface area (Å²) in [5.74, 6) is -0.434. The number of aromatic nitrogens is 1. The average Bonchev–Trinajstić information content (AvgIpc) is 2.96. The number of hydrogen-bond donors (Lipinski definition) is 2. The van der Waals surface area contributed by atoms with Crippen molar-refractivity contribution in [1.82, 2.24) is 19.7 Å². The maximum atomic E-state index is 13.0. The van der Waals surface area contributed by atoms with Crippen molar-refractivity contribution in [2.75, 3.05) is 33.2 Å². The number of hydrogen-bond acceptors (Lipinski definition) is 4. The first-order valence-corrected chi connectivity index (χ1v) is 9.09. The van der Waals surface area contributed by atoms with Gasteiger partial charge < -0.3 is 20.5 Å². The number of nitrogens with zero attached hydrogens (tertiary/aromatic N) is 3. The number of amides is 3. The second-order valence-corrected chi connectivity index (χ2v) is 7.19. The first-order chi connectivity index (χ1) is 12.4. The van der Waals surface area contributed by atoms with Crippen LogP contribution in [-0.4, -0.2) is 65.3 Å². The maximum Gasteiger partial charge on any atom is 0.267 e. The molecule has 1 aromatic rings. The van der Waals surface area contributed by atoms with Gasteiger partial charge in [0.2, 0.25) is 11.8 Å². The Balaban J connectivity index is 1.70. The van der Waals surface area contributed by atoms with Crippen LogP contribution in [-0.2, 0) is 29.6 Å². The second kappa shape index (κ2) is 7.49. The standard InChI is InChI=1S/C18H27N5O3/c1-20-17(25)14-8-12-5-7-23(10-15(12)21(14)2)18(26)13-4-3-6-22(9-13)11-16(19)24/h8,13H,3-7,9-11H2,1-2H3,(H2,19,24)(H,20,25)/t13-/m1/s1. The Labute approximate surface area is 153 Å². The molecule has 0 spiro atoms. The fraction of sp³-hybridized carbons (Fsp3) is 0.611. The lowest BCUT2D eigenvalue weighted by Crippen LogP contribution is -2.48. The lowest BCUT2D eigenvalue weighted by Gasteiger charge is -2.36. The number of nitrogens with two attached hydrogens (primary N) is 1. The van der Waals surface area contributed by atoms with Crippen LogP contribution in [0.2, 0.25) is 0 Å². The topological polar surface area (TPSA) is 101 Å². The Hall–Kier alpha value is -2.35. The van der Waals surface area contributed by atoms with Gasteiger partial charge in [-0.2, -0.15) is 0 Å². The lowest BCUT2D eigenvalue weighted by molar-refractivity contribution is -0.139. The molecule has 2 aliphatic rings. The monoisotopic (exact) mass is 361 g/mol. The van der Waals surface area contributed by atoms with Gasteiger partial charge in [-0.25, -0.2) is 0 Å². The smallest absolute Gasteiger partial charge is 0.267 e. The third kappa shape index (κ3) is 3.60. The van der Waals surface area contributed by atoms with Crippen LogP contribution >= 0.6 is 0 Å². The highest BCUT2D eigenvalue weighted by Gasteiger charge is 2.32. The van der Waals surface area contributed by atoms with Gasteiger partial charge in [0.05, 0.1) is 19.0 Å². The minimum absolute atomic E-state index is 0.0941. The first-order valence-electron chi connectivity index (χ1n) is 9.09. The van der Waals surface area contributed by atoms with Gasteiger partial charge in [-0.05, 0) is 37.4 Å². The molecule has 26 heavy (non-hydrogen) atoms. The average molecular weight is 361 g/mol. The van der Waals surface area contributed by atoms with Crippen LogP contribution in [0.15, 0.2) is 6.07 Å². The molecule has 0 unspecified atom stereocenters. The van der Waals surface area contributed by atoms with Crippen molar-refractivity contribution in [3.63, 3.8) is 0 Å². The van der Waals surface area contributed by atoms with E-state index in [1.165, 1.54) is 0 Å². The van der Waals surface area contributed by atoms with Gasteiger partial charge in [-0.3, -0.25) is 19.3 Å². The molecule has 1 fully saturated rings. The molecule has 0 saturated carbocycles. The molecule has 0 bridgehead atoms. The Morgan fingerprint density at radius 1 is 1.31 bits per heavy atom. The van der Waals surface area contributed by atoms with Gasteiger partial charge in [0.1, 0.15) is 5.69 Å². The molecule has 1 aromatic heterocycles. The van der Waals surface area contributed by atoms with Crippen molar-refractivity contribution >= 4 is 17.7 Å². The summed E-state index contributed by atoms with van der Waals surface area (Å²) in [6, 6.07) is 1.92. The summed E-state index contributed by atoms with van der Waals surface area (Å²) in [4.78, 5) is 40.0. The highest BCUT2D eigenvalue weighted by atomic mass is 16.2. The number of carbonyl (C=O) groups is 3. The molecule has 142 valence electrons. The number of piperidine rings is 1. The quantitative estimate of drug-likeness (QED) is 0.753. The Morgan fingerprint density at radius 3 is 2.77 bits per heavy atom. The van der Waals surface area contributed by atoms with E-state index in [9.17, 15) is 14.4 Å². The van der Waals surface area contributed by atoms with Gasteiger partial charge in [0, 0.05) is 32.9 Å². The van der Waals surface area contributed by atoms with Crippen molar-refractivity contribution in [2.24, 2.45) is 18.7 Å². The van der Waals surface area contributed by atoms with Gasteiger partial charge in [-0.1, -0.05) is 0 Å². The molecular formula is C18H27N5O3. The lowest BCUT2D eigenvalue weighted by atomic mass is 9.95. The zero-order valence-corrected chi connectivity index (χ0v) is 15.5. The predicted octanol–water partition coefficient (Wildman–Crippen LogP) is -0.533. The fourth-order valence-corrected chi connectivity index (χ4v) is 4.06. The third-order valence-electron chi connectivity index (χ3n) is 5.45. The van der Waals surface area contributed by atoms with E-state index < -0.39 is 0 Å². The highest BCUT2D eigenvalue weighted by molar-refractivity contribution is 5.93. The van der Waals surface area contributed by atoms with E-state index in [-0.39, 0.29) is 30.2 Å². The van der Waals surface area contributed by atoms with E-state index >= 15 is 0 Å². The summed E-state index contributed by atoms with van der Waals surface area (Å²) in [6.07, 6.45) is 2.49. The summed E-state index contributed by atoms with van der Waals surface area (Å²) < 4.78 is 1.88. The molecule has 3 heterocycles. The van der Waals surface area contributed by atoms with Crippen molar-refractivity contribution in [2.45, 2.75) is 25.8 Å². The molecule has 0 aromatic carbocycles. The molecule has 8 heteroatoms. The zero-order valence-electron chi connectivity index (χ0n) is 15.5. The summed E-state index contributed by atoms with van der Waals surface area (Å²) in [5.41, 5.74) is 8.06. The van der Waals surface area contributed by atoms with Crippen molar-refractivity contribution in [3.8, 4) is 0 Å². The summed E-state index contributed by atoms with van der Waals surface area (Å²) >= 11 is 0. The van der Waals surface area contributed by atoms with Crippen molar-refractivity contribution in [1.29, 1.82) is 0 Å². The van der Waals surface area contributed by atoms with Gasteiger partial charge in [-0.15, -0.1) is 0 Å². The van der Waals surface area contributed by atoms with Crippen molar-refractivity contribution in [3.05, 3.63) is 23.0 Å². The fourth-order valence-electron chi connectivity index (χ4n) is 4.06. The summed E-state index contributed by atoms with van der Waals surface area (Å²) in [6.45, 7) is 2.79. The zero-order chi connectivity index (χ0) is 18.8. The second-order valence-electron chi connectivity index (χ2n) is 7.19. The van der Waals surface area contributed by atoms with Crippen LogP contribution in [0.4, 0.5) is 0 Å². The third-order valence-corrected chi connectivity index (χ3v) is 5.45. The molecule has 1 atom stereocenters. The Bertz CT molecular complexity index is 727. The van der Waals surface area contributed by atoms with E-state index in [4.69, 9.17) is 5.73 Å². The molecule has 2 aliphatic heterocycles. The number of fused-ring (bicyclic) bond motifs is 1. The number of nitrogens with one attached hydrogen (secondary N) is 1. The minimum atomic E-state index is -0.355. The molecule has 3 amide bonds. The molecule has 8 nitrogen and oxygen atoms in total. The highest BCUT2D eigenvalue weighted by Crippen LogP contribution is 2.26. The summed E-state index contributed by atoms with van der Waals surface area (Å²) in [7, 11) is 3.48. The number of carbonyl (C=O) groups excluding carboxylic acids is 3. The molecule has 0 aliphatic carbocycles. The van der Waals surface area contributed by atoms with Crippen LogP contribution in [0.1, 0.15) is 34.6 Å². The SMILES string of the molecule is CNC(=O)c1cc2c(n1C)CN(C(=O)[C@@H]1CCCN(CC(N)=O)C1)CC2. The number of rotatable bonds is 4. The molecular weight excluding hydrogens is 334 g/mol. The van der Waals surface area contributed by atoms with Gasteiger partial charge in [0.15, 0.2) is 0 Å². The largest absolute Gasteiger partial charge is 0.369 e. The number of primary amides is 1. The van der Waals surface area contributed by atoms with Gasteiger partial charge in [0.25, 0.3) is 5.91 Å². The molecule has 3 rings (SSSR count). The molecule has 3 N–H and O–H groups in total. The Morgan fingerprint density at radius 2 is 2.08 bits per heavy atom. The van der Waals surface area contributed by atoms with Crippen LogP contribution < -0.4 is 11.1 Å². The van der Waals surface area contributed by atoms with Crippen LogP contribution in [0.3, 0.4) is 0 Å². The van der Waals surface area contributed by atoms with Crippen LogP contribution in [0.25, 0.3) is 0 Å². The maximum absolute atomic E-state index is 13.0. The van der Waals surface area contributed by atoms with Crippen LogP contribution in [0, 0.1) is 5.92 Å². The number of likely N-dealkylation sites (tertiary alicyclic amines) is 1. The van der Waals surface area contributed by atoms with E-state index in [0.717, 1.165) is 37.1 Å². The molecule has 0 radical (unpaired) electrons. The normalized spacial score (nSPS) is 20.5. The van der Waals surface area contributed by atoms with Gasteiger partial charge >= 0.3 is 0 Å². The Kier molecular flexibility index (Phi) is 5.31. The van der Waals surface area contributed by atoms with E-state index in [1.54, 1.807) is 7.05 Å². The van der Waals surface area contributed by atoms with E-state index in [2.05, 4.69) is 5.32 Å². The van der Waals surface area contributed by atoms with Crippen LogP contribution in [0.5, 0.6) is 0 Å². The van der Waals surface area contributed by atoms with E-state index in [0.29, 0.717) is 25.3 Å². The molecule has 1 saturated heterocycles. The predicted molar refractivity (Wildman–Crippen MR) is 96.3 cm³/mol. The summed E-state index contributed by atoms with van der Waals surface area (Å²) in [5, 5.41) is 2.65. The first kappa shape index (κ1) is 18.4. The minimum Gasteiger partial charge on any atom is -0.369 e.